The van der Waals surface area contributed by atoms with Crippen LogP contribution in [0.3, 0.4) is 0 Å². The first-order valence-corrected chi connectivity index (χ1v) is 4.72. The summed E-state index contributed by atoms with van der Waals surface area (Å²) in [6, 6.07) is -0.282. The summed E-state index contributed by atoms with van der Waals surface area (Å²) in [5, 5.41) is 0. The van der Waals surface area contributed by atoms with E-state index in [0.717, 1.165) is 12.8 Å². The molecule has 1 fully saturated rings. The predicted octanol–water partition coefficient (Wildman–Crippen LogP) is 0.252. The van der Waals surface area contributed by atoms with Gasteiger partial charge in [0.2, 0.25) is 11.8 Å². The fourth-order valence-electron chi connectivity index (χ4n) is 1.70. The Kier molecular flexibility index (Phi) is 3.28. The molecule has 0 aliphatic carbocycles. The summed E-state index contributed by atoms with van der Waals surface area (Å²) in [6.45, 7) is 4.09. The lowest BCUT2D eigenvalue weighted by Crippen LogP contribution is -2.44. The van der Waals surface area contributed by atoms with Crippen LogP contribution in [0.1, 0.15) is 12.8 Å². The Labute approximate surface area is 84.2 Å². The minimum Gasteiger partial charge on any atom is -0.347 e. The summed E-state index contributed by atoms with van der Waals surface area (Å²) in [4.78, 5) is 26.2. The number of amides is 2. The van der Waals surface area contributed by atoms with Crippen LogP contribution in [0.4, 0.5) is 0 Å². The van der Waals surface area contributed by atoms with Gasteiger partial charge in [-0.05, 0) is 18.9 Å². The summed E-state index contributed by atoms with van der Waals surface area (Å²) >= 11 is 0. The molecule has 1 atom stereocenters. The van der Waals surface area contributed by atoms with Crippen LogP contribution in [0.25, 0.3) is 0 Å². The maximum absolute atomic E-state index is 11.7. The fourth-order valence-corrected chi connectivity index (χ4v) is 1.70. The van der Waals surface area contributed by atoms with Gasteiger partial charge >= 0.3 is 0 Å². The molecule has 1 aliphatic heterocycles. The molecule has 2 amide bonds. The Morgan fingerprint density at radius 3 is 2.64 bits per heavy atom. The molecule has 78 valence electrons. The van der Waals surface area contributed by atoms with Crippen LogP contribution in [-0.4, -0.2) is 48.3 Å². The quantitative estimate of drug-likeness (QED) is 0.594. The van der Waals surface area contributed by atoms with Crippen molar-refractivity contribution < 1.29 is 9.59 Å². The number of carbonyl (C=O) groups is 2. The lowest BCUT2D eigenvalue weighted by atomic mass is 10.2. The normalized spacial score (nSPS) is 20.7. The second-order valence-electron chi connectivity index (χ2n) is 3.63. The van der Waals surface area contributed by atoms with Crippen LogP contribution in [0.15, 0.2) is 12.7 Å². The molecule has 0 bridgehead atoms. The van der Waals surface area contributed by atoms with Gasteiger partial charge in [0.25, 0.3) is 0 Å². The Morgan fingerprint density at radius 1 is 1.50 bits per heavy atom. The summed E-state index contributed by atoms with van der Waals surface area (Å²) in [5.41, 5.74) is 0. The SMILES string of the molecule is C=CC(=O)N1CCCC1C(=O)N(C)C. The highest BCUT2D eigenvalue weighted by atomic mass is 16.2. The van der Waals surface area contributed by atoms with Crippen LogP contribution in [-0.2, 0) is 9.59 Å². The van der Waals surface area contributed by atoms with Crippen molar-refractivity contribution in [2.75, 3.05) is 20.6 Å². The first kappa shape index (κ1) is 10.8. The molecule has 4 heteroatoms. The van der Waals surface area contributed by atoms with Crippen molar-refractivity contribution in [2.24, 2.45) is 0 Å². The summed E-state index contributed by atoms with van der Waals surface area (Å²) in [7, 11) is 3.41. The molecular weight excluding hydrogens is 180 g/mol. The molecule has 0 aromatic carbocycles. The zero-order chi connectivity index (χ0) is 10.7. The van der Waals surface area contributed by atoms with Crippen molar-refractivity contribution >= 4 is 11.8 Å². The molecule has 1 saturated heterocycles. The van der Waals surface area contributed by atoms with E-state index >= 15 is 0 Å². The van der Waals surface area contributed by atoms with Gasteiger partial charge in [-0.1, -0.05) is 6.58 Å². The molecular formula is C10H16N2O2. The molecule has 0 aromatic rings. The fraction of sp³-hybridized carbons (Fsp3) is 0.600. The van der Waals surface area contributed by atoms with E-state index in [-0.39, 0.29) is 17.9 Å². The molecule has 0 spiro atoms. The highest BCUT2D eigenvalue weighted by Gasteiger charge is 2.33. The van der Waals surface area contributed by atoms with Gasteiger partial charge in [-0.3, -0.25) is 9.59 Å². The largest absolute Gasteiger partial charge is 0.347 e. The van der Waals surface area contributed by atoms with Crippen LogP contribution >= 0.6 is 0 Å². The molecule has 1 heterocycles. The number of nitrogens with zero attached hydrogens (tertiary/aromatic N) is 2. The van der Waals surface area contributed by atoms with Crippen molar-refractivity contribution in [1.82, 2.24) is 9.80 Å². The van der Waals surface area contributed by atoms with E-state index in [2.05, 4.69) is 6.58 Å². The third-order valence-corrected chi connectivity index (χ3v) is 2.44. The Balaban J connectivity index is 2.73. The number of likely N-dealkylation sites (tertiary alicyclic amines) is 1. The molecule has 0 radical (unpaired) electrons. The first-order chi connectivity index (χ1) is 6.57. The Hall–Kier alpha value is -1.32. The van der Waals surface area contributed by atoms with E-state index in [1.807, 2.05) is 0 Å². The molecule has 14 heavy (non-hydrogen) atoms. The zero-order valence-corrected chi connectivity index (χ0v) is 8.69. The van der Waals surface area contributed by atoms with E-state index in [9.17, 15) is 9.59 Å². The topological polar surface area (TPSA) is 40.6 Å². The lowest BCUT2D eigenvalue weighted by Gasteiger charge is -2.24. The van der Waals surface area contributed by atoms with Crippen LogP contribution < -0.4 is 0 Å². The van der Waals surface area contributed by atoms with Crippen LogP contribution in [0.5, 0.6) is 0 Å². The van der Waals surface area contributed by atoms with Crippen molar-refractivity contribution in [3.63, 3.8) is 0 Å². The average Bonchev–Trinajstić information content (AvgIpc) is 2.63. The van der Waals surface area contributed by atoms with Gasteiger partial charge in [0.15, 0.2) is 0 Å². The molecule has 4 nitrogen and oxygen atoms in total. The van der Waals surface area contributed by atoms with Crippen molar-refractivity contribution in [3.05, 3.63) is 12.7 Å². The summed E-state index contributed by atoms with van der Waals surface area (Å²) < 4.78 is 0. The van der Waals surface area contributed by atoms with Crippen LogP contribution in [0.2, 0.25) is 0 Å². The number of hydrogen-bond acceptors (Lipinski definition) is 2. The molecule has 0 aromatic heterocycles. The number of rotatable bonds is 2. The monoisotopic (exact) mass is 196 g/mol. The number of likely N-dealkylation sites (N-methyl/N-ethyl adjacent to an activating group) is 1. The highest BCUT2D eigenvalue weighted by Crippen LogP contribution is 2.18. The van der Waals surface area contributed by atoms with E-state index in [1.165, 1.54) is 11.0 Å². The van der Waals surface area contributed by atoms with E-state index in [1.54, 1.807) is 19.0 Å². The average molecular weight is 196 g/mol. The minimum absolute atomic E-state index is 0.00213. The van der Waals surface area contributed by atoms with Crippen molar-refractivity contribution in [3.8, 4) is 0 Å². The van der Waals surface area contributed by atoms with Gasteiger partial charge in [0.05, 0.1) is 0 Å². The second-order valence-corrected chi connectivity index (χ2v) is 3.63. The minimum atomic E-state index is -0.282. The Bertz CT molecular complexity index is 261. The highest BCUT2D eigenvalue weighted by molar-refractivity contribution is 5.92. The molecule has 1 aliphatic rings. The third-order valence-electron chi connectivity index (χ3n) is 2.44. The van der Waals surface area contributed by atoms with E-state index in [0.29, 0.717) is 6.54 Å². The number of hydrogen-bond donors (Lipinski definition) is 0. The maximum atomic E-state index is 11.7. The molecule has 0 saturated carbocycles. The summed E-state index contributed by atoms with van der Waals surface area (Å²) in [5.74, 6) is -0.152. The van der Waals surface area contributed by atoms with E-state index < -0.39 is 0 Å². The molecule has 1 rings (SSSR count). The van der Waals surface area contributed by atoms with Crippen molar-refractivity contribution in [1.29, 1.82) is 0 Å². The lowest BCUT2D eigenvalue weighted by molar-refractivity contribution is -0.139. The van der Waals surface area contributed by atoms with Gasteiger partial charge in [-0.25, -0.2) is 0 Å². The molecule has 0 N–H and O–H groups in total. The van der Waals surface area contributed by atoms with Crippen molar-refractivity contribution in [2.45, 2.75) is 18.9 Å². The number of carbonyl (C=O) groups excluding carboxylic acids is 2. The first-order valence-electron chi connectivity index (χ1n) is 4.72. The molecule has 1 unspecified atom stereocenters. The van der Waals surface area contributed by atoms with Gasteiger partial charge < -0.3 is 9.80 Å². The standard InChI is InChI=1S/C10H16N2O2/c1-4-9(13)12-7-5-6-8(12)10(14)11(2)3/h4,8H,1,5-7H2,2-3H3. The smallest absolute Gasteiger partial charge is 0.246 e. The van der Waals surface area contributed by atoms with Gasteiger partial charge in [0, 0.05) is 20.6 Å². The van der Waals surface area contributed by atoms with Crippen LogP contribution in [0, 0.1) is 0 Å². The maximum Gasteiger partial charge on any atom is 0.246 e. The van der Waals surface area contributed by atoms with Gasteiger partial charge in [-0.15, -0.1) is 0 Å². The zero-order valence-electron chi connectivity index (χ0n) is 8.69. The van der Waals surface area contributed by atoms with Gasteiger partial charge in [0.1, 0.15) is 6.04 Å². The van der Waals surface area contributed by atoms with E-state index in [4.69, 9.17) is 0 Å². The third kappa shape index (κ3) is 1.95. The second kappa shape index (κ2) is 4.26. The van der Waals surface area contributed by atoms with Gasteiger partial charge in [-0.2, -0.15) is 0 Å². The predicted molar refractivity (Wildman–Crippen MR) is 53.6 cm³/mol. The summed E-state index contributed by atoms with van der Waals surface area (Å²) in [6.07, 6.45) is 2.92. The Morgan fingerprint density at radius 2 is 2.14 bits per heavy atom.